The zero-order valence-corrected chi connectivity index (χ0v) is 20.5. The number of guanidine groups is 2. The fourth-order valence-electron chi connectivity index (χ4n) is 4.82. The van der Waals surface area contributed by atoms with Gasteiger partial charge in [0.15, 0.2) is 17.6 Å². The van der Waals surface area contributed by atoms with Crippen LogP contribution >= 0.6 is 0 Å². The first-order valence-electron chi connectivity index (χ1n) is 13.0. The molecule has 1 saturated heterocycles. The Morgan fingerprint density at radius 2 is 1.82 bits per heavy atom. The van der Waals surface area contributed by atoms with Gasteiger partial charge in [-0.15, -0.1) is 0 Å². The third-order valence-electron chi connectivity index (χ3n) is 6.53. The van der Waals surface area contributed by atoms with Crippen molar-refractivity contribution >= 4 is 17.9 Å². The van der Waals surface area contributed by atoms with E-state index in [1.54, 1.807) is 0 Å². The second kappa shape index (κ2) is 15.0. The topological polar surface area (TPSA) is 150 Å². The molecule has 0 bridgehead atoms. The smallest absolute Gasteiger partial charge is 0.316 e. The van der Waals surface area contributed by atoms with Gasteiger partial charge in [0, 0.05) is 13.2 Å². The second-order valence-electron chi connectivity index (χ2n) is 9.32. The number of nitrogens with zero attached hydrogens (tertiary/aromatic N) is 2. The van der Waals surface area contributed by atoms with E-state index in [-0.39, 0.29) is 18.0 Å². The Hall–Kier alpha value is -2.03. The standard InChI is InChI=1S/C24H46N6O3/c1-2-3-4-5-6-7-8-10-14-19-20(24(15-13-18-33-24)30-23(27)29-19)21(31)32-17-12-9-11-16-28-22(25)26/h19-20H,2-18H2,1H3,(H4,25,26,28)(H3,27,29,30)/t19-,20-,24+/m0/s1. The van der Waals surface area contributed by atoms with E-state index in [2.05, 4.69) is 22.2 Å². The summed E-state index contributed by atoms with van der Waals surface area (Å²) < 4.78 is 11.8. The van der Waals surface area contributed by atoms with Crippen molar-refractivity contribution in [3.63, 3.8) is 0 Å². The molecule has 1 fully saturated rings. The van der Waals surface area contributed by atoms with Gasteiger partial charge in [-0.1, -0.05) is 58.3 Å². The number of carbonyl (C=O) groups is 1. The zero-order chi connectivity index (χ0) is 23.9. The molecule has 0 unspecified atom stereocenters. The molecule has 2 aliphatic rings. The Morgan fingerprint density at radius 1 is 1.12 bits per heavy atom. The average Bonchev–Trinajstić information content (AvgIpc) is 3.22. The maximum atomic E-state index is 13.2. The molecule has 9 nitrogen and oxygen atoms in total. The predicted molar refractivity (Wildman–Crippen MR) is 133 cm³/mol. The summed E-state index contributed by atoms with van der Waals surface area (Å²) in [5, 5.41) is 3.18. The van der Waals surface area contributed by atoms with Gasteiger partial charge in [0.2, 0.25) is 0 Å². The van der Waals surface area contributed by atoms with E-state index in [0.717, 1.165) is 51.4 Å². The summed E-state index contributed by atoms with van der Waals surface area (Å²) in [7, 11) is 0. The van der Waals surface area contributed by atoms with Crippen LogP contribution < -0.4 is 22.5 Å². The fourth-order valence-corrected chi connectivity index (χ4v) is 4.82. The first-order chi connectivity index (χ1) is 16.0. The van der Waals surface area contributed by atoms with Gasteiger partial charge in [-0.25, -0.2) is 4.99 Å². The monoisotopic (exact) mass is 466 g/mol. The van der Waals surface area contributed by atoms with E-state index in [9.17, 15) is 4.79 Å². The van der Waals surface area contributed by atoms with Gasteiger partial charge in [-0.05, 0) is 38.5 Å². The minimum Gasteiger partial charge on any atom is -0.465 e. The Bertz CT molecular complexity index is 630. The average molecular weight is 467 g/mol. The van der Waals surface area contributed by atoms with Crippen molar-refractivity contribution in [3.8, 4) is 0 Å². The first kappa shape index (κ1) is 27.2. The lowest BCUT2D eigenvalue weighted by Gasteiger charge is -2.42. The lowest BCUT2D eigenvalue weighted by Crippen LogP contribution is -2.64. The van der Waals surface area contributed by atoms with Crippen LogP contribution in [0.2, 0.25) is 0 Å². The largest absolute Gasteiger partial charge is 0.465 e. The number of carbonyl (C=O) groups excluding carboxylic acids is 1. The molecule has 1 spiro atoms. The van der Waals surface area contributed by atoms with Crippen molar-refractivity contribution in [2.75, 3.05) is 19.8 Å². The maximum Gasteiger partial charge on any atom is 0.316 e. The highest BCUT2D eigenvalue weighted by molar-refractivity contribution is 5.84. The molecule has 2 aliphatic heterocycles. The van der Waals surface area contributed by atoms with Crippen molar-refractivity contribution in [3.05, 3.63) is 0 Å². The maximum absolute atomic E-state index is 13.2. The van der Waals surface area contributed by atoms with Crippen LogP contribution in [0, 0.1) is 5.92 Å². The molecular formula is C24H46N6O3. The van der Waals surface area contributed by atoms with E-state index in [0.29, 0.717) is 25.7 Å². The van der Waals surface area contributed by atoms with Crippen LogP contribution in [0.15, 0.2) is 9.98 Å². The third kappa shape index (κ3) is 9.39. The summed E-state index contributed by atoms with van der Waals surface area (Å²) >= 11 is 0. The zero-order valence-electron chi connectivity index (χ0n) is 20.5. The molecule has 2 heterocycles. The molecule has 33 heavy (non-hydrogen) atoms. The molecule has 3 atom stereocenters. The van der Waals surface area contributed by atoms with Crippen molar-refractivity contribution in [1.82, 2.24) is 5.32 Å². The quantitative estimate of drug-likeness (QED) is 0.118. The van der Waals surface area contributed by atoms with E-state index in [4.69, 9.17) is 26.7 Å². The molecule has 0 aromatic heterocycles. The van der Waals surface area contributed by atoms with Crippen molar-refractivity contribution < 1.29 is 14.3 Å². The van der Waals surface area contributed by atoms with E-state index in [1.165, 1.54) is 38.5 Å². The van der Waals surface area contributed by atoms with Crippen molar-refractivity contribution in [2.24, 2.45) is 33.1 Å². The molecule has 2 rings (SSSR count). The molecule has 0 aromatic carbocycles. The Kier molecular flexibility index (Phi) is 12.4. The van der Waals surface area contributed by atoms with Crippen LogP contribution in [-0.4, -0.2) is 49.4 Å². The summed E-state index contributed by atoms with van der Waals surface area (Å²) in [6, 6.07) is -0.209. The summed E-state index contributed by atoms with van der Waals surface area (Å²) in [4.78, 5) is 21.8. The highest BCUT2D eigenvalue weighted by Gasteiger charge is 2.53. The number of nitrogens with one attached hydrogen (secondary N) is 1. The first-order valence-corrected chi connectivity index (χ1v) is 13.0. The Morgan fingerprint density at radius 3 is 2.48 bits per heavy atom. The Balaban J connectivity index is 1.84. The highest BCUT2D eigenvalue weighted by Crippen LogP contribution is 2.38. The van der Waals surface area contributed by atoms with Crippen LogP contribution in [0.25, 0.3) is 0 Å². The SMILES string of the molecule is CCCCCCCCCC[C@@H]1N=C(N)N[C@@]2(CCCO2)[C@@H]1C(=O)OCCCCCN=C(N)N. The lowest BCUT2D eigenvalue weighted by molar-refractivity contribution is -0.165. The fraction of sp³-hybridized carbons (Fsp3) is 0.875. The van der Waals surface area contributed by atoms with Gasteiger partial charge in [0.1, 0.15) is 5.92 Å². The Labute approximate surface area is 199 Å². The number of unbranched alkanes of at least 4 members (excludes halogenated alkanes) is 9. The molecule has 0 radical (unpaired) electrons. The van der Waals surface area contributed by atoms with E-state index < -0.39 is 11.6 Å². The summed E-state index contributed by atoms with van der Waals surface area (Å²) in [6.45, 7) is 3.81. The van der Waals surface area contributed by atoms with Gasteiger partial charge >= 0.3 is 5.97 Å². The number of hydrogen-bond donors (Lipinski definition) is 4. The van der Waals surface area contributed by atoms with Crippen LogP contribution in [0.5, 0.6) is 0 Å². The normalized spacial score (nSPS) is 24.3. The van der Waals surface area contributed by atoms with Gasteiger partial charge in [0.05, 0.1) is 12.6 Å². The summed E-state index contributed by atoms with van der Waals surface area (Å²) in [5.41, 5.74) is 16.0. The molecule has 0 saturated carbocycles. The van der Waals surface area contributed by atoms with Gasteiger partial charge < -0.3 is 32.0 Å². The third-order valence-corrected chi connectivity index (χ3v) is 6.53. The molecule has 9 heteroatoms. The number of hydrogen-bond acceptors (Lipinski definition) is 7. The number of nitrogens with two attached hydrogens (primary N) is 3. The molecule has 0 aliphatic carbocycles. The minimum atomic E-state index is -0.791. The van der Waals surface area contributed by atoms with Gasteiger partial charge in [0.25, 0.3) is 0 Å². The van der Waals surface area contributed by atoms with Crippen molar-refractivity contribution in [2.45, 2.75) is 109 Å². The highest BCUT2D eigenvalue weighted by atomic mass is 16.5. The second-order valence-corrected chi connectivity index (χ2v) is 9.32. The molecule has 190 valence electrons. The van der Waals surface area contributed by atoms with E-state index in [1.807, 2.05) is 0 Å². The molecule has 7 N–H and O–H groups in total. The predicted octanol–water partition coefficient (Wildman–Crippen LogP) is 2.91. The molecule has 0 amide bonds. The van der Waals surface area contributed by atoms with E-state index >= 15 is 0 Å². The van der Waals surface area contributed by atoms with Crippen LogP contribution in [0.3, 0.4) is 0 Å². The number of esters is 1. The molecular weight excluding hydrogens is 420 g/mol. The number of aliphatic imine (C=N–C) groups is 2. The van der Waals surface area contributed by atoms with Crippen LogP contribution in [0.4, 0.5) is 0 Å². The van der Waals surface area contributed by atoms with Crippen LogP contribution in [0.1, 0.15) is 96.8 Å². The van der Waals surface area contributed by atoms with Gasteiger partial charge in [-0.3, -0.25) is 9.79 Å². The van der Waals surface area contributed by atoms with Gasteiger partial charge in [-0.2, -0.15) is 0 Å². The summed E-state index contributed by atoms with van der Waals surface area (Å²) in [5.74, 6) is -0.242. The summed E-state index contributed by atoms with van der Waals surface area (Å²) in [6.07, 6.45) is 14.9. The van der Waals surface area contributed by atoms with Crippen LogP contribution in [-0.2, 0) is 14.3 Å². The van der Waals surface area contributed by atoms with Crippen molar-refractivity contribution in [1.29, 1.82) is 0 Å². The minimum absolute atomic E-state index is 0.107. The molecule has 0 aromatic rings. The number of rotatable bonds is 16. The lowest BCUT2D eigenvalue weighted by atomic mass is 9.82. The number of ether oxygens (including phenoxy) is 2.